The zero-order valence-corrected chi connectivity index (χ0v) is 15.1. The molecule has 6 heteroatoms. The summed E-state index contributed by atoms with van der Waals surface area (Å²) in [5.74, 6) is 1.94. The lowest BCUT2D eigenvalue weighted by Crippen LogP contribution is -2.46. The fraction of sp³-hybridized carbons (Fsp3) is 0.474. The number of aromatic hydroxyl groups is 1. The predicted octanol–water partition coefficient (Wildman–Crippen LogP) is 2.64. The van der Waals surface area contributed by atoms with Gasteiger partial charge in [0.2, 0.25) is 5.95 Å². The number of phenolic OH excluding ortho intramolecular Hbond substituents is 1. The summed E-state index contributed by atoms with van der Waals surface area (Å²) >= 11 is 0. The lowest BCUT2D eigenvalue weighted by atomic mass is 10.1. The van der Waals surface area contributed by atoms with Gasteiger partial charge in [-0.1, -0.05) is 19.9 Å². The number of hydrogen-bond donors (Lipinski definition) is 1. The minimum atomic E-state index is 0.179. The molecule has 134 valence electrons. The van der Waals surface area contributed by atoms with Crippen LogP contribution in [-0.4, -0.2) is 53.3 Å². The van der Waals surface area contributed by atoms with Gasteiger partial charge in [0, 0.05) is 44.6 Å². The van der Waals surface area contributed by atoms with Gasteiger partial charge in [0.1, 0.15) is 0 Å². The fourth-order valence-electron chi connectivity index (χ4n) is 3.02. The maximum atomic E-state index is 9.70. The molecule has 0 bridgehead atoms. The number of ether oxygens (including phenoxy) is 1. The number of hydrogen-bond acceptors (Lipinski definition) is 6. The van der Waals surface area contributed by atoms with Crippen molar-refractivity contribution in [1.82, 2.24) is 14.9 Å². The van der Waals surface area contributed by atoms with Gasteiger partial charge in [0.15, 0.2) is 11.5 Å². The molecular formula is C19H26N4O2. The first-order chi connectivity index (χ1) is 12.1. The van der Waals surface area contributed by atoms with Gasteiger partial charge < -0.3 is 14.7 Å². The molecule has 1 saturated heterocycles. The third kappa shape index (κ3) is 4.20. The number of nitrogens with zero attached hydrogens (tertiary/aromatic N) is 4. The summed E-state index contributed by atoms with van der Waals surface area (Å²) in [6.07, 6.45) is 1.85. The van der Waals surface area contributed by atoms with Crippen LogP contribution in [0, 0.1) is 0 Å². The maximum Gasteiger partial charge on any atom is 0.225 e. The van der Waals surface area contributed by atoms with E-state index >= 15 is 0 Å². The van der Waals surface area contributed by atoms with Crippen LogP contribution in [0.3, 0.4) is 0 Å². The molecule has 0 radical (unpaired) electrons. The second kappa shape index (κ2) is 7.70. The summed E-state index contributed by atoms with van der Waals surface area (Å²) in [5, 5.41) is 9.70. The third-order valence-electron chi connectivity index (χ3n) is 4.56. The van der Waals surface area contributed by atoms with Crippen molar-refractivity contribution in [2.24, 2.45) is 0 Å². The van der Waals surface area contributed by atoms with Crippen molar-refractivity contribution < 1.29 is 9.84 Å². The van der Waals surface area contributed by atoms with E-state index in [2.05, 4.69) is 33.6 Å². The molecule has 2 aromatic rings. The zero-order valence-electron chi connectivity index (χ0n) is 15.1. The van der Waals surface area contributed by atoms with Crippen LogP contribution in [0.25, 0.3) is 0 Å². The number of aromatic nitrogens is 2. The van der Waals surface area contributed by atoms with Crippen molar-refractivity contribution in [1.29, 1.82) is 0 Å². The molecule has 6 nitrogen and oxygen atoms in total. The molecule has 3 rings (SSSR count). The molecule has 0 aliphatic carbocycles. The molecule has 2 heterocycles. The van der Waals surface area contributed by atoms with Crippen LogP contribution in [0.2, 0.25) is 0 Å². The molecule has 0 spiro atoms. The summed E-state index contributed by atoms with van der Waals surface area (Å²) in [5.41, 5.74) is 2.23. The standard InChI is InChI=1S/C19H26N4O2/c1-14(2)16-6-7-20-19(21-16)23-10-8-22(9-11-23)13-15-4-5-17(24)18(12-15)25-3/h4-7,12,14,24H,8-11,13H2,1-3H3. The Hall–Kier alpha value is -2.34. The Kier molecular flexibility index (Phi) is 5.38. The highest BCUT2D eigenvalue weighted by Gasteiger charge is 2.20. The highest BCUT2D eigenvalue weighted by atomic mass is 16.5. The summed E-state index contributed by atoms with van der Waals surface area (Å²) in [6, 6.07) is 7.52. The number of benzene rings is 1. The van der Waals surface area contributed by atoms with Gasteiger partial charge in [-0.2, -0.15) is 0 Å². The van der Waals surface area contributed by atoms with Crippen molar-refractivity contribution >= 4 is 5.95 Å². The first kappa shape index (κ1) is 17.5. The SMILES string of the molecule is COc1cc(CN2CCN(c3nccc(C(C)C)n3)CC2)ccc1O. The van der Waals surface area contributed by atoms with E-state index in [0.29, 0.717) is 11.7 Å². The van der Waals surface area contributed by atoms with E-state index in [1.54, 1.807) is 13.2 Å². The molecule has 0 saturated carbocycles. The molecule has 1 aromatic heterocycles. The largest absolute Gasteiger partial charge is 0.504 e. The van der Waals surface area contributed by atoms with Crippen molar-refractivity contribution in [2.45, 2.75) is 26.3 Å². The Labute approximate surface area is 149 Å². The Bertz CT molecular complexity index is 712. The first-order valence-corrected chi connectivity index (χ1v) is 8.73. The van der Waals surface area contributed by atoms with Crippen LogP contribution in [0.5, 0.6) is 11.5 Å². The normalized spacial score (nSPS) is 15.6. The van der Waals surface area contributed by atoms with E-state index in [1.165, 1.54) is 0 Å². The minimum absolute atomic E-state index is 0.179. The number of piperazine rings is 1. The Morgan fingerprint density at radius 3 is 2.60 bits per heavy atom. The maximum absolute atomic E-state index is 9.70. The quantitative estimate of drug-likeness (QED) is 0.901. The zero-order chi connectivity index (χ0) is 17.8. The van der Waals surface area contributed by atoms with E-state index < -0.39 is 0 Å². The van der Waals surface area contributed by atoms with Gasteiger partial charge in [-0.3, -0.25) is 4.90 Å². The molecule has 1 aliphatic rings. The van der Waals surface area contributed by atoms with Crippen LogP contribution in [0.1, 0.15) is 31.0 Å². The molecule has 0 unspecified atom stereocenters. The number of rotatable bonds is 5. The molecule has 1 aromatic carbocycles. The lowest BCUT2D eigenvalue weighted by molar-refractivity contribution is 0.248. The molecular weight excluding hydrogens is 316 g/mol. The van der Waals surface area contributed by atoms with E-state index in [-0.39, 0.29) is 5.75 Å². The first-order valence-electron chi connectivity index (χ1n) is 8.73. The van der Waals surface area contributed by atoms with Gasteiger partial charge in [-0.25, -0.2) is 9.97 Å². The fourth-order valence-corrected chi connectivity index (χ4v) is 3.02. The highest BCUT2D eigenvalue weighted by Crippen LogP contribution is 2.27. The van der Waals surface area contributed by atoms with Crippen LogP contribution < -0.4 is 9.64 Å². The van der Waals surface area contributed by atoms with Crippen LogP contribution in [-0.2, 0) is 6.54 Å². The Balaban J connectivity index is 1.59. The molecule has 1 N–H and O–H groups in total. The van der Waals surface area contributed by atoms with Gasteiger partial charge >= 0.3 is 0 Å². The third-order valence-corrected chi connectivity index (χ3v) is 4.56. The molecule has 0 atom stereocenters. The second-order valence-electron chi connectivity index (χ2n) is 6.71. The van der Waals surface area contributed by atoms with Crippen LogP contribution >= 0.6 is 0 Å². The van der Waals surface area contributed by atoms with Crippen LogP contribution in [0.15, 0.2) is 30.5 Å². The van der Waals surface area contributed by atoms with E-state index in [4.69, 9.17) is 4.74 Å². The summed E-state index contributed by atoms with van der Waals surface area (Å²) < 4.78 is 5.19. The number of phenols is 1. The molecule has 1 aliphatic heterocycles. The van der Waals surface area contributed by atoms with Gasteiger partial charge in [0.05, 0.1) is 7.11 Å². The average molecular weight is 342 g/mol. The average Bonchev–Trinajstić information content (AvgIpc) is 2.64. The van der Waals surface area contributed by atoms with E-state index in [1.807, 2.05) is 24.4 Å². The number of methoxy groups -OCH3 is 1. The highest BCUT2D eigenvalue weighted by molar-refractivity contribution is 5.41. The predicted molar refractivity (Wildman–Crippen MR) is 98.3 cm³/mol. The minimum Gasteiger partial charge on any atom is -0.504 e. The Morgan fingerprint density at radius 2 is 1.92 bits per heavy atom. The number of anilines is 1. The summed E-state index contributed by atoms with van der Waals surface area (Å²) in [7, 11) is 1.57. The summed E-state index contributed by atoms with van der Waals surface area (Å²) in [4.78, 5) is 13.8. The van der Waals surface area contributed by atoms with Crippen molar-refractivity contribution in [3.63, 3.8) is 0 Å². The van der Waals surface area contributed by atoms with E-state index in [9.17, 15) is 5.11 Å². The van der Waals surface area contributed by atoms with Gasteiger partial charge in [-0.15, -0.1) is 0 Å². The van der Waals surface area contributed by atoms with Gasteiger partial charge in [0.25, 0.3) is 0 Å². The second-order valence-corrected chi connectivity index (χ2v) is 6.71. The van der Waals surface area contributed by atoms with Gasteiger partial charge in [-0.05, 0) is 29.7 Å². The van der Waals surface area contributed by atoms with Crippen LogP contribution in [0.4, 0.5) is 5.95 Å². The molecule has 0 amide bonds. The smallest absolute Gasteiger partial charge is 0.225 e. The lowest BCUT2D eigenvalue weighted by Gasteiger charge is -2.35. The van der Waals surface area contributed by atoms with Crippen molar-refractivity contribution in [3.05, 3.63) is 41.7 Å². The molecule has 1 fully saturated rings. The monoisotopic (exact) mass is 342 g/mol. The van der Waals surface area contributed by atoms with Crippen molar-refractivity contribution in [3.8, 4) is 11.5 Å². The Morgan fingerprint density at radius 1 is 1.16 bits per heavy atom. The molecule has 25 heavy (non-hydrogen) atoms. The summed E-state index contributed by atoms with van der Waals surface area (Å²) in [6.45, 7) is 8.88. The van der Waals surface area contributed by atoms with E-state index in [0.717, 1.165) is 49.9 Å². The topological polar surface area (TPSA) is 61.7 Å². The van der Waals surface area contributed by atoms with Crippen molar-refractivity contribution in [2.75, 3.05) is 38.2 Å².